The number of para-hydroxylation sites is 1. The van der Waals surface area contributed by atoms with Crippen LogP contribution in [-0.4, -0.2) is 11.6 Å². The van der Waals surface area contributed by atoms with Gasteiger partial charge in [-0.25, -0.2) is 0 Å². The summed E-state index contributed by atoms with van der Waals surface area (Å²) in [4.78, 5) is 23.9. The minimum absolute atomic E-state index is 0.0893. The molecule has 0 amide bonds. The zero-order valence-electron chi connectivity index (χ0n) is 13.1. The van der Waals surface area contributed by atoms with Crippen LogP contribution < -0.4 is 0 Å². The number of fused-ring (bicyclic) bond motifs is 1. The van der Waals surface area contributed by atoms with Crippen molar-refractivity contribution in [1.82, 2.24) is 0 Å². The number of rotatable bonds is 6. The fourth-order valence-electron chi connectivity index (χ4n) is 2.96. The first kappa shape index (κ1) is 15.5. The Balaban J connectivity index is 2.47. The third-order valence-electron chi connectivity index (χ3n) is 3.81. The summed E-state index contributed by atoms with van der Waals surface area (Å²) in [5.74, 6) is 0.132. The molecule has 0 saturated heterocycles. The van der Waals surface area contributed by atoms with Gasteiger partial charge in [0, 0.05) is 11.3 Å². The van der Waals surface area contributed by atoms with E-state index in [4.69, 9.17) is 4.42 Å². The van der Waals surface area contributed by atoms with Gasteiger partial charge in [-0.2, -0.15) is 0 Å². The summed E-state index contributed by atoms with van der Waals surface area (Å²) in [6.45, 7) is 7.16. The van der Waals surface area contributed by atoms with Crippen LogP contribution in [0.5, 0.6) is 0 Å². The molecule has 0 aliphatic heterocycles. The van der Waals surface area contributed by atoms with Crippen LogP contribution in [0.15, 0.2) is 34.7 Å². The van der Waals surface area contributed by atoms with E-state index in [2.05, 4.69) is 13.8 Å². The van der Waals surface area contributed by atoms with E-state index in [-0.39, 0.29) is 17.5 Å². The number of Topliss-reactive ketones (excluding diaryl/α,β-unsaturated/α-hetero) is 2. The Morgan fingerprint density at radius 1 is 1.10 bits per heavy atom. The molecule has 21 heavy (non-hydrogen) atoms. The van der Waals surface area contributed by atoms with Gasteiger partial charge in [0.2, 0.25) is 0 Å². The minimum Gasteiger partial charge on any atom is -0.461 e. The van der Waals surface area contributed by atoms with Gasteiger partial charge in [0.05, 0.1) is 5.92 Å². The van der Waals surface area contributed by atoms with Gasteiger partial charge in [-0.05, 0) is 38.3 Å². The standard InChI is InChI=1S/C18H22O3/c1-11(2)9-15(18(12(3)19)13(4)20)17-10-14-7-5-6-8-16(14)21-17/h5-8,10-11,15,18H,9H2,1-4H3. The van der Waals surface area contributed by atoms with Gasteiger partial charge in [-0.3, -0.25) is 9.59 Å². The second kappa shape index (κ2) is 6.25. The van der Waals surface area contributed by atoms with Crippen molar-refractivity contribution in [2.75, 3.05) is 0 Å². The predicted octanol–water partition coefficient (Wildman–Crippen LogP) is 4.36. The molecular formula is C18H22O3. The number of benzene rings is 1. The number of carbonyl (C=O) groups is 2. The average Bonchev–Trinajstić information content (AvgIpc) is 2.79. The van der Waals surface area contributed by atoms with E-state index < -0.39 is 5.92 Å². The molecule has 1 aromatic heterocycles. The van der Waals surface area contributed by atoms with E-state index in [0.717, 1.165) is 23.2 Å². The van der Waals surface area contributed by atoms with E-state index in [9.17, 15) is 9.59 Å². The molecule has 0 aliphatic rings. The molecule has 2 aromatic rings. The highest BCUT2D eigenvalue weighted by atomic mass is 16.3. The highest BCUT2D eigenvalue weighted by Crippen LogP contribution is 2.35. The lowest BCUT2D eigenvalue weighted by atomic mass is 9.79. The van der Waals surface area contributed by atoms with Crippen molar-refractivity contribution in [3.05, 3.63) is 36.1 Å². The van der Waals surface area contributed by atoms with Crippen LogP contribution in [0.25, 0.3) is 11.0 Å². The maximum atomic E-state index is 11.9. The lowest BCUT2D eigenvalue weighted by Crippen LogP contribution is -2.27. The number of carbonyl (C=O) groups excluding carboxylic acids is 2. The molecule has 0 N–H and O–H groups in total. The third kappa shape index (κ3) is 3.41. The van der Waals surface area contributed by atoms with Gasteiger partial charge in [-0.15, -0.1) is 0 Å². The highest BCUT2D eigenvalue weighted by Gasteiger charge is 2.33. The smallest absolute Gasteiger partial charge is 0.140 e. The summed E-state index contributed by atoms with van der Waals surface area (Å²) in [7, 11) is 0. The van der Waals surface area contributed by atoms with Crippen molar-refractivity contribution < 1.29 is 14.0 Å². The Morgan fingerprint density at radius 3 is 2.24 bits per heavy atom. The van der Waals surface area contributed by atoms with Crippen molar-refractivity contribution in [3.63, 3.8) is 0 Å². The average molecular weight is 286 g/mol. The van der Waals surface area contributed by atoms with Gasteiger partial charge in [0.15, 0.2) is 0 Å². The Hall–Kier alpha value is -1.90. The lowest BCUT2D eigenvalue weighted by Gasteiger charge is -2.23. The fraction of sp³-hybridized carbons (Fsp3) is 0.444. The first-order valence-electron chi connectivity index (χ1n) is 7.39. The molecule has 2 rings (SSSR count). The Bertz CT molecular complexity index is 604. The number of hydrogen-bond donors (Lipinski definition) is 0. The maximum Gasteiger partial charge on any atom is 0.140 e. The van der Waals surface area contributed by atoms with Crippen molar-refractivity contribution in [1.29, 1.82) is 0 Å². The molecule has 3 heteroatoms. The molecule has 112 valence electrons. The van der Waals surface area contributed by atoms with Crippen molar-refractivity contribution in [2.45, 2.75) is 40.0 Å². The molecule has 1 unspecified atom stereocenters. The highest BCUT2D eigenvalue weighted by molar-refractivity contribution is 6.01. The fourth-order valence-corrected chi connectivity index (χ4v) is 2.96. The molecule has 1 atom stereocenters. The second-order valence-corrected chi connectivity index (χ2v) is 6.12. The summed E-state index contributed by atoms with van der Waals surface area (Å²) in [5.41, 5.74) is 0.798. The molecule has 0 bridgehead atoms. The topological polar surface area (TPSA) is 47.3 Å². The van der Waals surface area contributed by atoms with Crippen LogP contribution in [0.4, 0.5) is 0 Å². The monoisotopic (exact) mass is 286 g/mol. The quantitative estimate of drug-likeness (QED) is 0.741. The number of hydrogen-bond acceptors (Lipinski definition) is 3. The van der Waals surface area contributed by atoms with Crippen LogP contribution in [0.2, 0.25) is 0 Å². The summed E-state index contributed by atoms with van der Waals surface area (Å²) >= 11 is 0. The lowest BCUT2D eigenvalue weighted by molar-refractivity contribution is -0.131. The van der Waals surface area contributed by atoms with Crippen molar-refractivity contribution in [3.8, 4) is 0 Å². The summed E-state index contributed by atoms with van der Waals surface area (Å²) in [6.07, 6.45) is 0.754. The largest absolute Gasteiger partial charge is 0.461 e. The molecule has 1 heterocycles. The second-order valence-electron chi connectivity index (χ2n) is 6.12. The van der Waals surface area contributed by atoms with E-state index in [1.807, 2.05) is 30.3 Å². The van der Waals surface area contributed by atoms with Gasteiger partial charge < -0.3 is 4.42 Å². The van der Waals surface area contributed by atoms with Gasteiger partial charge in [0.1, 0.15) is 22.9 Å². The summed E-state index contributed by atoms with van der Waals surface area (Å²) in [6, 6.07) is 9.71. The molecule has 1 aromatic carbocycles. The Labute approximate surface area is 125 Å². The normalized spacial score (nSPS) is 13.0. The number of ketones is 2. The summed E-state index contributed by atoms with van der Waals surface area (Å²) < 4.78 is 5.91. The van der Waals surface area contributed by atoms with E-state index in [1.54, 1.807) is 0 Å². The van der Waals surface area contributed by atoms with Gasteiger partial charge in [-0.1, -0.05) is 32.0 Å². The van der Waals surface area contributed by atoms with E-state index >= 15 is 0 Å². The van der Waals surface area contributed by atoms with Crippen LogP contribution in [0.3, 0.4) is 0 Å². The number of furan rings is 1. The molecule has 0 fully saturated rings. The zero-order valence-corrected chi connectivity index (χ0v) is 13.1. The molecule has 3 nitrogen and oxygen atoms in total. The third-order valence-corrected chi connectivity index (χ3v) is 3.81. The minimum atomic E-state index is -0.618. The molecule has 0 aliphatic carbocycles. The van der Waals surface area contributed by atoms with E-state index in [0.29, 0.717) is 5.92 Å². The van der Waals surface area contributed by atoms with Crippen LogP contribution in [-0.2, 0) is 9.59 Å². The zero-order chi connectivity index (χ0) is 15.6. The predicted molar refractivity (Wildman–Crippen MR) is 83.3 cm³/mol. The van der Waals surface area contributed by atoms with Crippen molar-refractivity contribution >= 4 is 22.5 Å². The van der Waals surface area contributed by atoms with E-state index in [1.165, 1.54) is 13.8 Å². The van der Waals surface area contributed by atoms with Gasteiger partial charge in [0.25, 0.3) is 0 Å². The first-order chi connectivity index (χ1) is 9.90. The SMILES string of the molecule is CC(=O)C(C(C)=O)C(CC(C)C)c1cc2ccccc2o1. The maximum absolute atomic E-state index is 11.9. The Kier molecular flexibility index (Phi) is 4.61. The molecular weight excluding hydrogens is 264 g/mol. The first-order valence-corrected chi connectivity index (χ1v) is 7.39. The van der Waals surface area contributed by atoms with Crippen LogP contribution in [0.1, 0.15) is 45.8 Å². The molecule has 0 radical (unpaired) electrons. The Morgan fingerprint density at radius 2 is 1.71 bits per heavy atom. The van der Waals surface area contributed by atoms with Crippen molar-refractivity contribution in [2.24, 2.45) is 11.8 Å². The van der Waals surface area contributed by atoms with Crippen LogP contribution >= 0.6 is 0 Å². The van der Waals surface area contributed by atoms with Crippen LogP contribution in [0, 0.1) is 11.8 Å². The van der Waals surface area contributed by atoms with Gasteiger partial charge >= 0.3 is 0 Å². The molecule has 0 saturated carbocycles. The summed E-state index contributed by atoms with van der Waals surface area (Å²) in [5, 5.41) is 1.01. The molecule has 0 spiro atoms.